The van der Waals surface area contributed by atoms with Gasteiger partial charge in [0, 0.05) is 25.7 Å². The Labute approximate surface area is 168 Å². The number of carbonyl (C=O) groups is 1. The summed E-state index contributed by atoms with van der Waals surface area (Å²) in [4.78, 5) is 27.4. The SMILES string of the molecule is O=C(CCCn1c(=O)c2cccn2c2ccc(F)cc21)NCCCN1CCCC1. The van der Waals surface area contributed by atoms with Crippen molar-refractivity contribution in [3.8, 4) is 0 Å². The number of hydrogen-bond donors (Lipinski definition) is 1. The van der Waals surface area contributed by atoms with E-state index in [2.05, 4.69) is 10.2 Å². The molecule has 0 radical (unpaired) electrons. The number of hydrogen-bond acceptors (Lipinski definition) is 3. The second kappa shape index (κ2) is 8.78. The Morgan fingerprint density at radius 2 is 1.86 bits per heavy atom. The average molecular weight is 398 g/mol. The molecule has 0 aliphatic carbocycles. The number of rotatable bonds is 8. The molecule has 1 N–H and O–H groups in total. The molecule has 1 amide bonds. The fraction of sp³-hybridized carbons (Fsp3) is 0.455. The van der Waals surface area contributed by atoms with Gasteiger partial charge in [-0.15, -0.1) is 0 Å². The molecule has 154 valence electrons. The molecule has 3 aromatic rings. The lowest BCUT2D eigenvalue weighted by atomic mass is 10.2. The third-order valence-corrected chi connectivity index (χ3v) is 5.66. The number of aromatic nitrogens is 2. The highest BCUT2D eigenvalue weighted by Crippen LogP contribution is 2.17. The van der Waals surface area contributed by atoms with Crippen LogP contribution in [0.1, 0.15) is 32.1 Å². The number of likely N-dealkylation sites (tertiary alicyclic amines) is 1. The minimum absolute atomic E-state index is 0.00118. The highest BCUT2D eigenvalue weighted by atomic mass is 19.1. The summed E-state index contributed by atoms with van der Waals surface area (Å²) in [6, 6.07) is 8.02. The van der Waals surface area contributed by atoms with Crippen molar-refractivity contribution in [1.82, 2.24) is 19.2 Å². The Hall–Kier alpha value is -2.67. The molecule has 0 bridgehead atoms. The average Bonchev–Trinajstić information content (AvgIpc) is 3.40. The van der Waals surface area contributed by atoms with Gasteiger partial charge in [0.25, 0.3) is 5.56 Å². The molecule has 1 aromatic carbocycles. The van der Waals surface area contributed by atoms with E-state index in [1.54, 1.807) is 33.4 Å². The maximum atomic E-state index is 13.8. The second-order valence-electron chi connectivity index (χ2n) is 7.71. The van der Waals surface area contributed by atoms with Crippen molar-refractivity contribution in [2.24, 2.45) is 0 Å². The van der Waals surface area contributed by atoms with Crippen LogP contribution in [0.25, 0.3) is 16.6 Å². The van der Waals surface area contributed by atoms with E-state index in [1.165, 1.54) is 38.1 Å². The van der Waals surface area contributed by atoms with Crippen LogP contribution in [0.4, 0.5) is 4.39 Å². The zero-order valence-corrected chi connectivity index (χ0v) is 16.6. The maximum Gasteiger partial charge on any atom is 0.275 e. The molecule has 2 aromatic heterocycles. The standard InChI is InChI=1S/C22H27FN4O2/c23-17-8-9-18-20(16-17)27(22(29)19-6-3-14-26(18)19)15-4-7-21(28)24-10-5-13-25-11-1-2-12-25/h3,6,8-9,14,16H,1-2,4-5,7,10-13,15H2,(H,24,28). The third-order valence-electron chi connectivity index (χ3n) is 5.66. The van der Waals surface area contributed by atoms with Crippen LogP contribution < -0.4 is 10.9 Å². The van der Waals surface area contributed by atoms with Gasteiger partial charge in [0.15, 0.2) is 0 Å². The minimum Gasteiger partial charge on any atom is -0.356 e. The number of nitrogens with one attached hydrogen (secondary N) is 1. The van der Waals surface area contributed by atoms with E-state index < -0.39 is 0 Å². The highest BCUT2D eigenvalue weighted by Gasteiger charge is 2.13. The lowest BCUT2D eigenvalue weighted by Gasteiger charge is -2.14. The molecular weight excluding hydrogens is 371 g/mol. The Bertz CT molecular complexity index is 1070. The minimum atomic E-state index is -0.382. The van der Waals surface area contributed by atoms with Crippen molar-refractivity contribution in [1.29, 1.82) is 0 Å². The van der Waals surface area contributed by atoms with Crippen LogP contribution in [-0.2, 0) is 11.3 Å². The molecule has 3 heterocycles. The van der Waals surface area contributed by atoms with Gasteiger partial charge >= 0.3 is 0 Å². The van der Waals surface area contributed by atoms with Gasteiger partial charge in [0.2, 0.25) is 5.91 Å². The lowest BCUT2D eigenvalue weighted by Crippen LogP contribution is -2.29. The molecule has 1 aliphatic heterocycles. The first-order chi connectivity index (χ1) is 14.1. The highest BCUT2D eigenvalue weighted by molar-refractivity contribution is 5.79. The van der Waals surface area contributed by atoms with Crippen molar-refractivity contribution in [3.05, 3.63) is 52.7 Å². The zero-order chi connectivity index (χ0) is 20.2. The summed E-state index contributed by atoms with van der Waals surface area (Å²) in [6.45, 7) is 4.43. The van der Waals surface area contributed by atoms with E-state index in [4.69, 9.17) is 0 Å². The van der Waals surface area contributed by atoms with E-state index in [-0.39, 0.29) is 17.3 Å². The molecule has 1 fully saturated rings. The first kappa shape index (κ1) is 19.6. The predicted molar refractivity (Wildman–Crippen MR) is 112 cm³/mol. The lowest BCUT2D eigenvalue weighted by molar-refractivity contribution is -0.121. The van der Waals surface area contributed by atoms with Gasteiger partial charge in [0.05, 0.1) is 11.0 Å². The molecule has 29 heavy (non-hydrogen) atoms. The van der Waals surface area contributed by atoms with Gasteiger partial charge < -0.3 is 19.2 Å². The Morgan fingerprint density at radius 1 is 1.03 bits per heavy atom. The van der Waals surface area contributed by atoms with Gasteiger partial charge in [-0.3, -0.25) is 9.59 Å². The van der Waals surface area contributed by atoms with Crippen LogP contribution in [0.2, 0.25) is 0 Å². The quantitative estimate of drug-likeness (QED) is 0.594. The van der Waals surface area contributed by atoms with Crippen molar-refractivity contribution in [2.45, 2.75) is 38.6 Å². The zero-order valence-electron chi connectivity index (χ0n) is 16.6. The number of amides is 1. The van der Waals surface area contributed by atoms with Crippen LogP contribution in [0.15, 0.2) is 41.3 Å². The number of aryl methyl sites for hydroxylation is 1. The third kappa shape index (κ3) is 4.34. The first-order valence-corrected chi connectivity index (χ1v) is 10.4. The van der Waals surface area contributed by atoms with E-state index in [1.807, 2.05) is 0 Å². The van der Waals surface area contributed by atoms with Crippen LogP contribution >= 0.6 is 0 Å². The normalized spacial score (nSPS) is 14.8. The summed E-state index contributed by atoms with van der Waals surface area (Å²) in [5.41, 5.74) is 1.71. The van der Waals surface area contributed by atoms with Crippen LogP contribution in [-0.4, -0.2) is 46.0 Å². The molecule has 1 aliphatic rings. The largest absolute Gasteiger partial charge is 0.356 e. The number of benzene rings is 1. The van der Waals surface area contributed by atoms with Crippen molar-refractivity contribution in [2.75, 3.05) is 26.2 Å². The molecule has 1 saturated heterocycles. The predicted octanol–water partition coefficient (Wildman–Crippen LogP) is 2.78. The van der Waals surface area contributed by atoms with Crippen LogP contribution in [0, 0.1) is 5.82 Å². The summed E-state index contributed by atoms with van der Waals surface area (Å²) in [7, 11) is 0. The van der Waals surface area contributed by atoms with E-state index >= 15 is 0 Å². The Kier molecular flexibility index (Phi) is 5.94. The van der Waals surface area contributed by atoms with E-state index in [0.717, 1.165) is 18.5 Å². The van der Waals surface area contributed by atoms with Crippen LogP contribution in [0.3, 0.4) is 0 Å². The van der Waals surface area contributed by atoms with Crippen molar-refractivity contribution >= 4 is 22.5 Å². The van der Waals surface area contributed by atoms with Gasteiger partial charge in [-0.1, -0.05) is 0 Å². The number of carbonyl (C=O) groups excluding carboxylic acids is 1. The summed E-state index contributed by atoms with van der Waals surface area (Å²) < 4.78 is 17.2. The summed E-state index contributed by atoms with van der Waals surface area (Å²) in [6.07, 6.45) is 6.19. The number of halogens is 1. The molecule has 4 rings (SSSR count). The van der Waals surface area contributed by atoms with Gasteiger partial charge in [-0.05, 0) is 75.6 Å². The van der Waals surface area contributed by atoms with Crippen molar-refractivity contribution < 1.29 is 9.18 Å². The monoisotopic (exact) mass is 398 g/mol. The summed E-state index contributed by atoms with van der Waals surface area (Å²) >= 11 is 0. The molecular formula is C22H27FN4O2. The van der Waals surface area contributed by atoms with Gasteiger partial charge in [-0.25, -0.2) is 4.39 Å². The summed E-state index contributed by atoms with van der Waals surface area (Å²) in [5.74, 6) is -0.383. The molecule has 7 heteroatoms. The fourth-order valence-corrected chi connectivity index (χ4v) is 4.17. The smallest absolute Gasteiger partial charge is 0.275 e. The van der Waals surface area contributed by atoms with Gasteiger partial charge in [0.1, 0.15) is 11.3 Å². The fourth-order valence-electron chi connectivity index (χ4n) is 4.17. The maximum absolute atomic E-state index is 13.8. The molecule has 0 saturated carbocycles. The molecule has 6 nitrogen and oxygen atoms in total. The molecule has 0 atom stereocenters. The van der Waals surface area contributed by atoms with E-state index in [9.17, 15) is 14.0 Å². The molecule has 0 spiro atoms. The Morgan fingerprint density at radius 3 is 2.69 bits per heavy atom. The van der Waals surface area contributed by atoms with Crippen LogP contribution in [0.5, 0.6) is 0 Å². The molecule has 0 unspecified atom stereocenters. The number of fused-ring (bicyclic) bond motifs is 3. The topological polar surface area (TPSA) is 58.8 Å². The second-order valence-corrected chi connectivity index (χ2v) is 7.71. The Balaban J connectivity index is 1.36. The van der Waals surface area contributed by atoms with Crippen molar-refractivity contribution in [3.63, 3.8) is 0 Å². The van der Waals surface area contributed by atoms with Gasteiger partial charge in [-0.2, -0.15) is 0 Å². The van der Waals surface area contributed by atoms with E-state index in [0.29, 0.717) is 37.0 Å². The number of nitrogens with zero attached hydrogens (tertiary/aromatic N) is 3. The summed E-state index contributed by atoms with van der Waals surface area (Å²) in [5, 5.41) is 2.96. The first-order valence-electron chi connectivity index (χ1n) is 10.4.